The Morgan fingerprint density at radius 2 is 1.79 bits per heavy atom. The van der Waals surface area contributed by atoms with Gasteiger partial charge in [-0.1, -0.05) is 30.3 Å². The summed E-state index contributed by atoms with van der Waals surface area (Å²) in [5.41, 5.74) is 2.33. The number of hydrogen-bond acceptors (Lipinski definition) is 6. The highest BCUT2D eigenvalue weighted by Crippen LogP contribution is 2.25. The number of nitro groups is 1. The third-order valence-corrected chi connectivity index (χ3v) is 5.58. The number of nitrogens with one attached hydrogen (secondary N) is 2. The Bertz CT molecular complexity index is 1010. The molecule has 0 saturated carbocycles. The summed E-state index contributed by atoms with van der Waals surface area (Å²) in [5.74, 6) is 0.0176. The highest BCUT2D eigenvalue weighted by molar-refractivity contribution is 7.17. The van der Waals surface area contributed by atoms with Gasteiger partial charge in [-0.15, -0.1) is 0 Å². The zero-order chi connectivity index (χ0) is 20.1. The first-order valence-electron chi connectivity index (χ1n) is 8.81. The number of carbonyl (C=O) groups excluding carboxylic acids is 1. The number of aromatic nitrogens is 1. The molecular formula is C20H21ClN4O3S. The zero-order valence-electron chi connectivity index (χ0n) is 16.0. The van der Waals surface area contributed by atoms with Crippen molar-refractivity contribution in [2.75, 3.05) is 17.2 Å². The minimum absolute atomic E-state index is 0. The SMILES string of the molecule is CC(=O)c1sc(Nc2ccccc2)[n+](CCNc2ccccc2[N+](=O)[O-])c1C.[Cl-]. The normalized spacial score (nSPS) is 10.1. The van der Waals surface area contributed by atoms with Gasteiger partial charge >= 0.3 is 5.13 Å². The van der Waals surface area contributed by atoms with Gasteiger partial charge in [-0.05, 0) is 36.5 Å². The molecule has 0 aliphatic heterocycles. The van der Waals surface area contributed by atoms with Crippen LogP contribution in [0.15, 0.2) is 54.6 Å². The maximum Gasteiger partial charge on any atom is 0.339 e. The first-order valence-corrected chi connectivity index (χ1v) is 9.62. The first-order chi connectivity index (χ1) is 13.5. The van der Waals surface area contributed by atoms with Crippen LogP contribution in [0.25, 0.3) is 0 Å². The van der Waals surface area contributed by atoms with Crippen LogP contribution in [0.4, 0.5) is 22.2 Å². The van der Waals surface area contributed by atoms with Gasteiger partial charge in [0.1, 0.15) is 28.5 Å². The average molecular weight is 433 g/mol. The molecule has 152 valence electrons. The predicted octanol–water partition coefficient (Wildman–Crippen LogP) is 1.31. The minimum Gasteiger partial charge on any atom is -1.00 e. The van der Waals surface area contributed by atoms with Crippen molar-refractivity contribution < 1.29 is 26.7 Å². The van der Waals surface area contributed by atoms with Crippen LogP contribution in [0.5, 0.6) is 0 Å². The summed E-state index contributed by atoms with van der Waals surface area (Å²) in [6, 6.07) is 16.3. The van der Waals surface area contributed by atoms with Crippen LogP contribution in [0.2, 0.25) is 0 Å². The number of ketones is 1. The number of benzene rings is 2. The molecular weight excluding hydrogens is 412 g/mol. The molecule has 2 aromatic carbocycles. The van der Waals surface area contributed by atoms with E-state index in [4.69, 9.17) is 0 Å². The summed E-state index contributed by atoms with van der Waals surface area (Å²) in [7, 11) is 0. The Labute approximate surface area is 179 Å². The molecule has 1 heterocycles. The third kappa shape index (κ3) is 5.30. The van der Waals surface area contributed by atoms with E-state index in [0.717, 1.165) is 16.5 Å². The van der Waals surface area contributed by atoms with Crippen molar-refractivity contribution in [2.24, 2.45) is 0 Å². The molecule has 0 amide bonds. The lowest BCUT2D eigenvalue weighted by atomic mass is 10.2. The van der Waals surface area contributed by atoms with Crippen LogP contribution in [0.3, 0.4) is 0 Å². The Kier molecular flexibility index (Phi) is 7.69. The fourth-order valence-electron chi connectivity index (χ4n) is 2.92. The Morgan fingerprint density at radius 3 is 2.45 bits per heavy atom. The van der Waals surface area contributed by atoms with Crippen molar-refractivity contribution in [3.05, 3.63) is 75.3 Å². The van der Waals surface area contributed by atoms with Crippen molar-refractivity contribution in [1.29, 1.82) is 0 Å². The number of anilines is 3. The monoisotopic (exact) mass is 432 g/mol. The zero-order valence-corrected chi connectivity index (χ0v) is 17.6. The number of Topliss-reactive ketones (excluding diaryl/α,β-unsaturated/α-hetero) is 1. The molecule has 3 aromatic rings. The number of thiazole rings is 1. The van der Waals surface area contributed by atoms with Crippen LogP contribution in [-0.2, 0) is 6.54 Å². The molecule has 0 fully saturated rings. The summed E-state index contributed by atoms with van der Waals surface area (Å²) in [5, 5.41) is 18.5. The van der Waals surface area contributed by atoms with E-state index in [2.05, 4.69) is 10.6 Å². The average Bonchev–Trinajstić information content (AvgIpc) is 2.99. The summed E-state index contributed by atoms with van der Waals surface area (Å²) < 4.78 is 2.02. The molecule has 9 heteroatoms. The Morgan fingerprint density at radius 1 is 1.14 bits per heavy atom. The standard InChI is InChI=1S/C20H20N4O3S.ClH/c1-14-19(15(2)25)28-20(22-16-8-4-3-5-9-16)23(14)13-12-21-17-10-6-7-11-18(17)24(26)27;/h3-11,21H,12-13H2,1-2H3;1H. The lowest BCUT2D eigenvalue weighted by Gasteiger charge is -2.08. The van der Waals surface area contributed by atoms with Gasteiger partial charge in [-0.2, -0.15) is 0 Å². The van der Waals surface area contributed by atoms with Gasteiger partial charge in [0.2, 0.25) is 0 Å². The number of halogens is 1. The van der Waals surface area contributed by atoms with Crippen molar-refractivity contribution in [2.45, 2.75) is 20.4 Å². The molecule has 0 aliphatic rings. The lowest BCUT2D eigenvalue weighted by molar-refractivity contribution is -0.681. The van der Waals surface area contributed by atoms with Crippen LogP contribution in [-0.4, -0.2) is 17.3 Å². The molecule has 29 heavy (non-hydrogen) atoms. The van der Waals surface area contributed by atoms with Gasteiger partial charge in [0, 0.05) is 13.0 Å². The fraction of sp³-hybridized carbons (Fsp3) is 0.200. The summed E-state index contributed by atoms with van der Waals surface area (Å²) in [6.45, 7) is 4.50. The molecule has 2 N–H and O–H groups in total. The van der Waals surface area contributed by atoms with Crippen molar-refractivity contribution >= 4 is 39.3 Å². The van der Waals surface area contributed by atoms with Gasteiger partial charge < -0.3 is 17.7 Å². The maximum absolute atomic E-state index is 12.0. The van der Waals surface area contributed by atoms with Crippen molar-refractivity contribution in [3.63, 3.8) is 0 Å². The van der Waals surface area contributed by atoms with E-state index in [1.807, 2.05) is 41.8 Å². The van der Waals surface area contributed by atoms with E-state index < -0.39 is 4.92 Å². The second-order valence-corrected chi connectivity index (χ2v) is 7.22. The topological polar surface area (TPSA) is 88.2 Å². The fourth-order valence-corrected chi connectivity index (χ4v) is 4.02. The quantitative estimate of drug-likeness (QED) is 0.242. The number of para-hydroxylation sites is 3. The number of hydrogen-bond donors (Lipinski definition) is 2. The molecule has 3 rings (SSSR count). The second kappa shape index (κ2) is 9.99. The van der Waals surface area contributed by atoms with Crippen LogP contribution < -0.4 is 27.6 Å². The highest BCUT2D eigenvalue weighted by Gasteiger charge is 2.23. The molecule has 1 aromatic heterocycles. The third-order valence-electron chi connectivity index (χ3n) is 4.27. The number of nitrogens with zero attached hydrogens (tertiary/aromatic N) is 2. The number of rotatable bonds is 8. The first kappa shape index (κ1) is 22.3. The summed E-state index contributed by atoms with van der Waals surface area (Å²) in [4.78, 5) is 23.4. The van der Waals surface area contributed by atoms with Crippen LogP contribution >= 0.6 is 11.3 Å². The summed E-state index contributed by atoms with van der Waals surface area (Å²) in [6.07, 6.45) is 0. The predicted molar refractivity (Wildman–Crippen MR) is 111 cm³/mol. The van der Waals surface area contributed by atoms with E-state index in [9.17, 15) is 14.9 Å². The molecule has 0 saturated heterocycles. The number of nitro benzene ring substituents is 1. The molecule has 0 atom stereocenters. The van der Waals surface area contributed by atoms with Crippen molar-refractivity contribution in [3.8, 4) is 0 Å². The number of carbonyl (C=O) groups is 1. The van der Waals surface area contributed by atoms with E-state index in [1.54, 1.807) is 25.1 Å². The molecule has 0 spiro atoms. The summed E-state index contributed by atoms with van der Waals surface area (Å²) >= 11 is 1.41. The molecule has 7 nitrogen and oxygen atoms in total. The molecule has 0 radical (unpaired) electrons. The Balaban J connectivity index is 0.00000300. The van der Waals surface area contributed by atoms with E-state index >= 15 is 0 Å². The minimum atomic E-state index is -0.401. The van der Waals surface area contributed by atoms with Crippen LogP contribution in [0.1, 0.15) is 22.3 Å². The molecule has 0 bridgehead atoms. The largest absolute Gasteiger partial charge is 1.00 e. The van der Waals surface area contributed by atoms with Gasteiger partial charge in [0.25, 0.3) is 5.69 Å². The smallest absolute Gasteiger partial charge is 0.339 e. The second-order valence-electron chi connectivity index (χ2n) is 6.22. The van der Waals surface area contributed by atoms with E-state index in [0.29, 0.717) is 23.7 Å². The Hall–Kier alpha value is -2.97. The van der Waals surface area contributed by atoms with E-state index in [1.165, 1.54) is 17.4 Å². The van der Waals surface area contributed by atoms with Crippen LogP contribution in [0, 0.1) is 17.0 Å². The lowest BCUT2D eigenvalue weighted by Crippen LogP contribution is -3.00. The maximum atomic E-state index is 12.0. The highest BCUT2D eigenvalue weighted by atomic mass is 35.5. The van der Waals surface area contributed by atoms with Gasteiger partial charge in [-0.25, -0.2) is 9.88 Å². The van der Waals surface area contributed by atoms with Gasteiger partial charge in [-0.3, -0.25) is 14.9 Å². The molecule has 0 unspecified atom stereocenters. The van der Waals surface area contributed by atoms with Gasteiger partial charge in [0.05, 0.1) is 11.5 Å². The van der Waals surface area contributed by atoms with Crippen molar-refractivity contribution in [1.82, 2.24) is 0 Å². The van der Waals surface area contributed by atoms with Gasteiger partial charge in [0.15, 0.2) is 5.78 Å². The molecule has 0 aliphatic carbocycles. The van der Waals surface area contributed by atoms with E-state index in [-0.39, 0.29) is 23.9 Å².